The van der Waals surface area contributed by atoms with Crippen molar-refractivity contribution in [3.63, 3.8) is 0 Å². The fourth-order valence-electron chi connectivity index (χ4n) is 1.47. The van der Waals surface area contributed by atoms with Crippen molar-refractivity contribution in [1.29, 1.82) is 0 Å². The van der Waals surface area contributed by atoms with Crippen molar-refractivity contribution in [3.8, 4) is 0 Å². The van der Waals surface area contributed by atoms with E-state index < -0.39 is 0 Å². The molecule has 0 fully saturated rings. The highest BCUT2D eigenvalue weighted by Crippen LogP contribution is 2.12. The summed E-state index contributed by atoms with van der Waals surface area (Å²) in [6.07, 6.45) is 0. The number of nitrogen functional groups attached to an aromatic ring is 1. The first kappa shape index (κ1) is 12.0. The smallest absolute Gasteiger partial charge is 0.0558 e. The van der Waals surface area contributed by atoms with Crippen molar-refractivity contribution < 1.29 is 10.2 Å². The molecule has 1 aromatic carbocycles. The van der Waals surface area contributed by atoms with E-state index in [2.05, 4.69) is 0 Å². The third kappa shape index (κ3) is 3.87. The van der Waals surface area contributed by atoms with Crippen LogP contribution in [0.25, 0.3) is 0 Å². The predicted octanol–water partition coefficient (Wildman–Crippen LogP) is 0.0554. The highest BCUT2D eigenvalue weighted by atomic mass is 16.3. The summed E-state index contributed by atoms with van der Waals surface area (Å²) in [5.74, 6) is 0. The van der Waals surface area contributed by atoms with Crippen molar-refractivity contribution in [2.24, 2.45) is 0 Å². The van der Waals surface area contributed by atoms with Crippen LogP contribution in [-0.2, 0) is 6.54 Å². The van der Waals surface area contributed by atoms with Crippen LogP contribution in [0.1, 0.15) is 5.56 Å². The molecule has 84 valence electrons. The average molecular weight is 210 g/mol. The van der Waals surface area contributed by atoms with E-state index >= 15 is 0 Å². The highest BCUT2D eigenvalue weighted by molar-refractivity contribution is 5.46. The Labute approximate surface area is 89.9 Å². The lowest BCUT2D eigenvalue weighted by atomic mass is 10.1. The summed E-state index contributed by atoms with van der Waals surface area (Å²) in [5.41, 5.74) is 7.59. The maximum Gasteiger partial charge on any atom is 0.0558 e. The second kappa shape index (κ2) is 6.40. The van der Waals surface area contributed by atoms with Crippen LogP contribution in [-0.4, -0.2) is 41.4 Å². The zero-order valence-electron chi connectivity index (χ0n) is 8.76. The van der Waals surface area contributed by atoms with Crippen molar-refractivity contribution in [1.82, 2.24) is 4.90 Å². The molecule has 1 rings (SSSR count). The minimum absolute atomic E-state index is 0.0900. The van der Waals surface area contributed by atoms with Gasteiger partial charge in [-0.25, -0.2) is 0 Å². The standard InChI is InChI=1S/C11H18N2O2/c12-11-4-2-1-3-10(11)9-13(5-7-14)6-8-15/h1-4,14-15H,5-9,12H2. The fourth-order valence-corrected chi connectivity index (χ4v) is 1.47. The number of aliphatic hydroxyl groups is 2. The summed E-state index contributed by atoms with van der Waals surface area (Å²) in [7, 11) is 0. The largest absolute Gasteiger partial charge is 0.398 e. The second-order valence-corrected chi connectivity index (χ2v) is 3.42. The molecule has 0 atom stereocenters. The van der Waals surface area contributed by atoms with Crippen LogP contribution in [0, 0.1) is 0 Å². The predicted molar refractivity (Wildman–Crippen MR) is 60.3 cm³/mol. The van der Waals surface area contributed by atoms with Gasteiger partial charge in [-0.3, -0.25) is 4.90 Å². The monoisotopic (exact) mass is 210 g/mol. The van der Waals surface area contributed by atoms with Crippen LogP contribution in [0.15, 0.2) is 24.3 Å². The van der Waals surface area contributed by atoms with Gasteiger partial charge in [0, 0.05) is 25.3 Å². The Bertz CT molecular complexity index is 286. The molecule has 0 aliphatic carbocycles. The van der Waals surface area contributed by atoms with E-state index in [0.717, 1.165) is 11.3 Å². The second-order valence-electron chi connectivity index (χ2n) is 3.42. The van der Waals surface area contributed by atoms with Gasteiger partial charge in [-0.1, -0.05) is 18.2 Å². The molecule has 0 saturated carbocycles. The van der Waals surface area contributed by atoms with Crippen molar-refractivity contribution in [3.05, 3.63) is 29.8 Å². The summed E-state index contributed by atoms with van der Waals surface area (Å²) in [5, 5.41) is 17.7. The van der Waals surface area contributed by atoms with Crippen molar-refractivity contribution in [2.45, 2.75) is 6.54 Å². The summed E-state index contributed by atoms with van der Waals surface area (Å²) in [6.45, 7) is 1.94. The van der Waals surface area contributed by atoms with Gasteiger partial charge in [0.05, 0.1) is 13.2 Å². The van der Waals surface area contributed by atoms with E-state index in [1.54, 1.807) is 0 Å². The molecule has 4 N–H and O–H groups in total. The first-order valence-electron chi connectivity index (χ1n) is 5.05. The molecule has 0 aliphatic heterocycles. The van der Waals surface area contributed by atoms with Crippen molar-refractivity contribution in [2.75, 3.05) is 32.0 Å². The first-order valence-corrected chi connectivity index (χ1v) is 5.05. The number of nitrogens with zero attached hydrogens (tertiary/aromatic N) is 1. The third-order valence-corrected chi connectivity index (χ3v) is 2.28. The Morgan fingerprint density at radius 2 is 1.67 bits per heavy atom. The molecule has 0 aliphatic rings. The summed E-state index contributed by atoms with van der Waals surface area (Å²) in [6, 6.07) is 7.63. The van der Waals surface area contributed by atoms with Gasteiger partial charge in [-0.15, -0.1) is 0 Å². The lowest BCUT2D eigenvalue weighted by molar-refractivity contribution is 0.156. The Kier molecular flexibility index (Phi) is 5.10. The van der Waals surface area contributed by atoms with Crippen molar-refractivity contribution >= 4 is 5.69 Å². The number of para-hydroxylation sites is 1. The fraction of sp³-hybridized carbons (Fsp3) is 0.455. The molecule has 0 bridgehead atoms. The molecular formula is C11H18N2O2. The van der Waals surface area contributed by atoms with Crippen LogP contribution < -0.4 is 5.73 Å². The van der Waals surface area contributed by atoms with E-state index in [4.69, 9.17) is 15.9 Å². The molecule has 4 heteroatoms. The lowest BCUT2D eigenvalue weighted by Gasteiger charge is -2.20. The van der Waals surface area contributed by atoms with Gasteiger partial charge in [0.2, 0.25) is 0 Å². The molecule has 4 nitrogen and oxygen atoms in total. The van der Waals surface area contributed by atoms with Gasteiger partial charge in [-0.2, -0.15) is 0 Å². The van der Waals surface area contributed by atoms with Crippen LogP contribution in [0.4, 0.5) is 5.69 Å². The Morgan fingerprint density at radius 1 is 1.07 bits per heavy atom. The molecule has 15 heavy (non-hydrogen) atoms. The van der Waals surface area contributed by atoms with E-state index in [9.17, 15) is 0 Å². The molecule has 0 aromatic heterocycles. The number of benzene rings is 1. The minimum Gasteiger partial charge on any atom is -0.398 e. The van der Waals surface area contributed by atoms with Gasteiger partial charge in [-0.05, 0) is 11.6 Å². The minimum atomic E-state index is 0.0900. The van der Waals surface area contributed by atoms with Gasteiger partial charge >= 0.3 is 0 Å². The first-order chi connectivity index (χ1) is 7.27. The van der Waals surface area contributed by atoms with Gasteiger partial charge in [0.1, 0.15) is 0 Å². The van der Waals surface area contributed by atoms with Gasteiger partial charge in [0.15, 0.2) is 0 Å². The number of aliphatic hydroxyl groups excluding tert-OH is 2. The molecule has 0 heterocycles. The molecule has 1 aromatic rings. The zero-order chi connectivity index (χ0) is 11.1. The number of nitrogens with two attached hydrogens (primary N) is 1. The van der Waals surface area contributed by atoms with Crippen LogP contribution in [0.5, 0.6) is 0 Å². The van der Waals surface area contributed by atoms with E-state index in [1.165, 1.54) is 0 Å². The van der Waals surface area contributed by atoms with Crippen LogP contribution >= 0.6 is 0 Å². The van der Waals surface area contributed by atoms with Gasteiger partial charge in [0.25, 0.3) is 0 Å². The molecule has 0 radical (unpaired) electrons. The molecule has 0 amide bonds. The number of anilines is 1. The third-order valence-electron chi connectivity index (χ3n) is 2.28. The zero-order valence-corrected chi connectivity index (χ0v) is 8.76. The number of hydrogen-bond acceptors (Lipinski definition) is 4. The Hall–Kier alpha value is -1.10. The van der Waals surface area contributed by atoms with Crippen LogP contribution in [0.3, 0.4) is 0 Å². The van der Waals surface area contributed by atoms with E-state index in [1.807, 2.05) is 29.2 Å². The Morgan fingerprint density at radius 3 is 2.20 bits per heavy atom. The normalized spacial score (nSPS) is 10.9. The maximum atomic E-state index is 8.86. The SMILES string of the molecule is Nc1ccccc1CN(CCO)CCO. The average Bonchev–Trinajstić information content (AvgIpc) is 2.22. The quantitative estimate of drug-likeness (QED) is 0.580. The molecule has 0 saturated heterocycles. The molecule has 0 unspecified atom stereocenters. The highest BCUT2D eigenvalue weighted by Gasteiger charge is 2.06. The Balaban J connectivity index is 2.60. The number of hydrogen-bond donors (Lipinski definition) is 3. The maximum absolute atomic E-state index is 8.86. The topological polar surface area (TPSA) is 69.7 Å². The lowest BCUT2D eigenvalue weighted by Crippen LogP contribution is -2.29. The van der Waals surface area contributed by atoms with Gasteiger partial charge < -0.3 is 15.9 Å². The van der Waals surface area contributed by atoms with Crippen LogP contribution in [0.2, 0.25) is 0 Å². The summed E-state index contributed by atoms with van der Waals surface area (Å²) < 4.78 is 0. The van der Waals surface area contributed by atoms with E-state index in [-0.39, 0.29) is 13.2 Å². The molecule has 0 spiro atoms. The summed E-state index contributed by atoms with van der Waals surface area (Å²) >= 11 is 0. The summed E-state index contributed by atoms with van der Waals surface area (Å²) in [4.78, 5) is 1.96. The molecular weight excluding hydrogens is 192 g/mol. The number of rotatable bonds is 6. The van der Waals surface area contributed by atoms with E-state index in [0.29, 0.717) is 19.6 Å².